The summed E-state index contributed by atoms with van der Waals surface area (Å²) in [5, 5.41) is 6.06. The lowest BCUT2D eigenvalue weighted by Crippen LogP contribution is -2.25. The molecule has 116 valence electrons. The molecule has 1 N–H and O–H groups in total. The van der Waals surface area contributed by atoms with Crippen molar-refractivity contribution < 1.29 is 9.53 Å². The van der Waals surface area contributed by atoms with Crippen LogP contribution in [0.5, 0.6) is 5.75 Å². The topological polar surface area (TPSA) is 50.7 Å². The van der Waals surface area contributed by atoms with Gasteiger partial charge in [-0.15, -0.1) is 11.3 Å². The maximum atomic E-state index is 11.8. The molecule has 1 aromatic carbocycles. The zero-order valence-electron chi connectivity index (χ0n) is 13.0. The molecule has 0 radical (unpaired) electrons. The molecule has 0 spiro atoms. The molecule has 0 aliphatic heterocycles. The number of amides is 1. The van der Waals surface area contributed by atoms with E-state index >= 15 is 0 Å². The van der Waals surface area contributed by atoms with Crippen molar-refractivity contribution in [1.82, 2.24) is 5.43 Å². The number of benzene rings is 1. The normalized spacial score (nSPS) is 11.5. The Morgan fingerprint density at radius 3 is 2.73 bits per heavy atom. The molecule has 0 saturated heterocycles. The van der Waals surface area contributed by atoms with Crippen LogP contribution in [0.4, 0.5) is 0 Å². The Hall–Kier alpha value is -2.14. The molecule has 0 saturated carbocycles. The smallest absolute Gasteiger partial charge is 0.277 e. The van der Waals surface area contributed by atoms with Crippen LogP contribution in [-0.4, -0.2) is 18.2 Å². The summed E-state index contributed by atoms with van der Waals surface area (Å²) in [4.78, 5) is 12.9. The highest BCUT2D eigenvalue weighted by atomic mass is 32.1. The van der Waals surface area contributed by atoms with Crippen molar-refractivity contribution in [2.24, 2.45) is 5.10 Å². The van der Waals surface area contributed by atoms with E-state index < -0.39 is 0 Å². The first kappa shape index (κ1) is 16.2. The van der Waals surface area contributed by atoms with Gasteiger partial charge in [0.25, 0.3) is 5.91 Å². The number of hydrogen-bond acceptors (Lipinski definition) is 4. The van der Waals surface area contributed by atoms with E-state index in [4.69, 9.17) is 4.74 Å². The van der Waals surface area contributed by atoms with E-state index in [1.165, 1.54) is 0 Å². The second-order valence-corrected chi connectivity index (χ2v) is 6.14. The molecule has 1 heterocycles. The minimum absolute atomic E-state index is 0.0506. The van der Waals surface area contributed by atoms with E-state index in [2.05, 4.69) is 24.4 Å². The summed E-state index contributed by atoms with van der Waals surface area (Å²) in [6.07, 6.45) is 0. The fourth-order valence-electron chi connectivity index (χ4n) is 1.95. The maximum absolute atomic E-state index is 11.8. The molecule has 0 unspecified atom stereocenters. The van der Waals surface area contributed by atoms with Crippen LogP contribution in [0.25, 0.3) is 0 Å². The van der Waals surface area contributed by atoms with E-state index in [-0.39, 0.29) is 12.5 Å². The number of nitrogens with zero attached hydrogens (tertiary/aromatic N) is 1. The monoisotopic (exact) mass is 316 g/mol. The number of thiophene rings is 1. The second kappa shape index (κ2) is 7.75. The van der Waals surface area contributed by atoms with Crippen molar-refractivity contribution in [1.29, 1.82) is 0 Å². The molecule has 2 rings (SSSR count). The summed E-state index contributed by atoms with van der Waals surface area (Å²) >= 11 is 1.58. The molecule has 4 nitrogen and oxygen atoms in total. The minimum Gasteiger partial charge on any atom is -0.483 e. The van der Waals surface area contributed by atoms with Crippen LogP contribution in [0.3, 0.4) is 0 Å². The Kier molecular flexibility index (Phi) is 5.72. The summed E-state index contributed by atoms with van der Waals surface area (Å²) in [7, 11) is 0. The highest BCUT2D eigenvalue weighted by molar-refractivity contribution is 7.12. The molecular weight excluding hydrogens is 296 g/mol. The fourth-order valence-corrected chi connectivity index (χ4v) is 2.63. The van der Waals surface area contributed by atoms with E-state index in [0.29, 0.717) is 5.92 Å². The average Bonchev–Trinajstić information content (AvgIpc) is 3.05. The number of carbonyl (C=O) groups is 1. The second-order valence-electron chi connectivity index (χ2n) is 5.19. The molecule has 22 heavy (non-hydrogen) atoms. The first-order valence-electron chi connectivity index (χ1n) is 7.16. The van der Waals surface area contributed by atoms with Crippen molar-refractivity contribution >= 4 is 23.0 Å². The summed E-state index contributed by atoms with van der Waals surface area (Å²) in [5.41, 5.74) is 4.39. The summed E-state index contributed by atoms with van der Waals surface area (Å²) in [6.45, 7) is 6.00. The van der Waals surface area contributed by atoms with E-state index in [9.17, 15) is 4.79 Å². The Morgan fingerprint density at radius 1 is 1.27 bits per heavy atom. The van der Waals surface area contributed by atoms with Gasteiger partial charge < -0.3 is 4.74 Å². The van der Waals surface area contributed by atoms with Crippen molar-refractivity contribution in [2.45, 2.75) is 26.7 Å². The van der Waals surface area contributed by atoms with Gasteiger partial charge in [-0.25, -0.2) is 5.43 Å². The highest BCUT2D eigenvalue weighted by Crippen LogP contribution is 2.25. The van der Waals surface area contributed by atoms with Gasteiger partial charge in [-0.2, -0.15) is 5.10 Å². The van der Waals surface area contributed by atoms with Crippen LogP contribution in [-0.2, 0) is 4.79 Å². The van der Waals surface area contributed by atoms with Gasteiger partial charge in [0.15, 0.2) is 6.61 Å². The molecule has 1 amide bonds. The van der Waals surface area contributed by atoms with Gasteiger partial charge in [-0.3, -0.25) is 4.79 Å². The van der Waals surface area contributed by atoms with Gasteiger partial charge in [0.1, 0.15) is 5.75 Å². The van der Waals surface area contributed by atoms with Crippen LogP contribution < -0.4 is 10.2 Å². The van der Waals surface area contributed by atoms with Crippen molar-refractivity contribution in [2.75, 3.05) is 6.61 Å². The molecule has 0 fully saturated rings. The Labute approximate surface area is 134 Å². The number of hydrazone groups is 1. The average molecular weight is 316 g/mol. The fraction of sp³-hybridized carbons (Fsp3) is 0.294. The Morgan fingerprint density at radius 2 is 2.05 bits per heavy atom. The number of hydrogen-bond donors (Lipinski definition) is 1. The predicted octanol–water partition coefficient (Wildman–Crippen LogP) is 3.79. The minimum atomic E-state index is -0.269. The van der Waals surface area contributed by atoms with Crippen molar-refractivity contribution in [3.63, 3.8) is 0 Å². The molecule has 0 aliphatic carbocycles. The SMILES string of the molecule is C/C(=N/NC(=O)COc1ccccc1C(C)C)c1cccs1. The standard InChI is InChI=1S/C17H20N2O2S/c1-12(2)14-7-4-5-8-15(14)21-11-17(20)19-18-13(3)16-9-6-10-22-16/h4-10,12H,11H2,1-3H3,(H,19,20)/b18-13-. The van der Waals surface area contributed by atoms with Gasteiger partial charge in [-0.05, 0) is 35.9 Å². The molecule has 0 atom stereocenters. The lowest BCUT2D eigenvalue weighted by atomic mass is 10.0. The lowest BCUT2D eigenvalue weighted by molar-refractivity contribution is -0.123. The van der Waals surface area contributed by atoms with Gasteiger partial charge in [0, 0.05) is 4.88 Å². The zero-order valence-corrected chi connectivity index (χ0v) is 13.8. The largest absolute Gasteiger partial charge is 0.483 e. The zero-order chi connectivity index (χ0) is 15.9. The van der Waals surface area contributed by atoms with Gasteiger partial charge >= 0.3 is 0 Å². The van der Waals surface area contributed by atoms with Gasteiger partial charge in [-0.1, -0.05) is 38.1 Å². The molecular formula is C17H20N2O2S. The van der Waals surface area contributed by atoms with Crippen LogP contribution in [0.2, 0.25) is 0 Å². The molecule has 0 aliphatic rings. The van der Waals surface area contributed by atoms with Gasteiger partial charge in [0.2, 0.25) is 0 Å². The number of ether oxygens (including phenoxy) is 1. The quantitative estimate of drug-likeness (QED) is 0.651. The number of para-hydroxylation sites is 1. The molecule has 0 bridgehead atoms. The first-order valence-corrected chi connectivity index (χ1v) is 8.04. The maximum Gasteiger partial charge on any atom is 0.277 e. The molecule has 1 aromatic heterocycles. The van der Waals surface area contributed by atoms with E-state index in [1.54, 1.807) is 11.3 Å². The third-order valence-corrected chi connectivity index (χ3v) is 4.10. The molecule has 5 heteroatoms. The van der Waals surface area contributed by atoms with Crippen molar-refractivity contribution in [3.8, 4) is 5.75 Å². The summed E-state index contributed by atoms with van der Waals surface area (Å²) in [5.74, 6) is 0.819. The van der Waals surface area contributed by atoms with E-state index in [0.717, 1.165) is 21.9 Å². The Balaban J connectivity index is 1.90. The van der Waals surface area contributed by atoms with Crippen LogP contribution in [0.15, 0.2) is 46.9 Å². The van der Waals surface area contributed by atoms with Crippen LogP contribution >= 0.6 is 11.3 Å². The first-order chi connectivity index (χ1) is 10.6. The number of carbonyl (C=O) groups excluding carboxylic acids is 1. The summed E-state index contributed by atoms with van der Waals surface area (Å²) < 4.78 is 5.60. The number of rotatable bonds is 6. The van der Waals surface area contributed by atoms with Crippen LogP contribution in [0.1, 0.15) is 37.1 Å². The number of nitrogens with one attached hydrogen (secondary N) is 1. The molecule has 2 aromatic rings. The van der Waals surface area contributed by atoms with Gasteiger partial charge in [0.05, 0.1) is 5.71 Å². The highest BCUT2D eigenvalue weighted by Gasteiger charge is 2.09. The van der Waals surface area contributed by atoms with E-state index in [1.807, 2.05) is 48.7 Å². The predicted molar refractivity (Wildman–Crippen MR) is 90.7 cm³/mol. The third kappa shape index (κ3) is 4.43. The Bertz CT molecular complexity index is 648. The summed E-state index contributed by atoms with van der Waals surface area (Å²) in [6, 6.07) is 11.7. The third-order valence-electron chi connectivity index (χ3n) is 3.13. The lowest BCUT2D eigenvalue weighted by Gasteiger charge is -2.13. The van der Waals surface area contributed by atoms with Crippen molar-refractivity contribution in [3.05, 3.63) is 52.2 Å². The van der Waals surface area contributed by atoms with Crippen LogP contribution in [0, 0.1) is 0 Å².